The van der Waals surface area contributed by atoms with Crippen LogP contribution in [0.25, 0.3) is 0 Å². The molecule has 0 radical (unpaired) electrons. The SMILES string of the molecule is Cc1nc(Nc2nc(C(=O)O)cs2)cc(C2CCN(CC#N)CC2)n1. The number of hydrogen-bond acceptors (Lipinski definition) is 8. The highest BCUT2D eigenvalue weighted by molar-refractivity contribution is 7.14. The molecule has 0 amide bonds. The average molecular weight is 358 g/mol. The van der Waals surface area contributed by atoms with Crippen LogP contribution < -0.4 is 5.32 Å². The summed E-state index contributed by atoms with van der Waals surface area (Å²) in [6, 6.07) is 4.09. The summed E-state index contributed by atoms with van der Waals surface area (Å²) in [4.78, 5) is 26.0. The summed E-state index contributed by atoms with van der Waals surface area (Å²) in [5, 5.41) is 22.8. The van der Waals surface area contributed by atoms with Gasteiger partial charge < -0.3 is 10.4 Å². The number of anilines is 2. The van der Waals surface area contributed by atoms with Gasteiger partial charge >= 0.3 is 5.97 Å². The van der Waals surface area contributed by atoms with Crippen LogP contribution >= 0.6 is 11.3 Å². The molecule has 2 aromatic rings. The Balaban J connectivity index is 1.72. The highest BCUT2D eigenvalue weighted by Crippen LogP contribution is 2.29. The van der Waals surface area contributed by atoms with Gasteiger partial charge in [-0.25, -0.2) is 19.7 Å². The van der Waals surface area contributed by atoms with Crippen LogP contribution in [0.5, 0.6) is 0 Å². The second kappa shape index (κ2) is 7.55. The maximum atomic E-state index is 10.9. The number of nitriles is 1. The number of piperidine rings is 1. The fraction of sp³-hybridized carbons (Fsp3) is 0.438. The van der Waals surface area contributed by atoms with E-state index in [-0.39, 0.29) is 5.69 Å². The number of aromatic carboxylic acids is 1. The van der Waals surface area contributed by atoms with Gasteiger partial charge in [0.25, 0.3) is 0 Å². The first-order chi connectivity index (χ1) is 12.0. The quantitative estimate of drug-likeness (QED) is 0.783. The van der Waals surface area contributed by atoms with Crippen LogP contribution in [0, 0.1) is 18.3 Å². The van der Waals surface area contributed by atoms with Gasteiger partial charge in [-0.3, -0.25) is 4.90 Å². The van der Waals surface area contributed by atoms with Crippen molar-refractivity contribution in [2.24, 2.45) is 0 Å². The van der Waals surface area contributed by atoms with E-state index in [4.69, 9.17) is 10.4 Å². The van der Waals surface area contributed by atoms with Crippen LogP contribution in [0.4, 0.5) is 10.9 Å². The highest BCUT2D eigenvalue weighted by atomic mass is 32.1. The van der Waals surface area contributed by atoms with Crippen LogP contribution in [0.1, 0.15) is 40.8 Å². The average Bonchev–Trinajstić information content (AvgIpc) is 3.04. The molecule has 0 saturated carbocycles. The summed E-state index contributed by atoms with van der Waals surface area (Å²) in [6.45, 7) is 4.08. The third-order valence-electron chi connectivity index (χ3n) is 4.12. The van der Waals surface area contributed by atoms with E-state index in [1.54, 1.807) is 0 Å². The second-order valence-electron chi connectivity index (χ2n) is 5.90. The molecule has 0 bridgehead atoms. The maximum absolute atomic E-state index is 10.9. The molecule has 1 saturated heterocycles. The predicted octanol–water partition coefficient (Wildman–Crippen LogP) is 2.39. The Hall–Kier alpha value is -2.57. The van der Waals surface area contributed by atoms with Crippen molar-refractivity contribution in [2.75, 3.05) is 25.0 Å². The molecule has 25 heavy (non-hydrogen) atoms. The van der Waals surface area contributed by atoms with E-state index >= 15 is 0 Å². The molecule has 1 aliphatic rings. The molecule has 0 aromatic carbocycles. The molecule has 1 aliphatic heterocycles. The highest BCUT2D eigenvalue weighted by Gasteiger charge is 2.22. The Morgan fingerprint density at radius 2 is 2.20 bits per heavy atom. The number of nitrogens with one attached hydrogen (secondary N) is 1. The van der Waals surface area contributed by atoms with E-state index < -0.39 is 5.97 Å². The number of hydrogen-bond donors (Lipinski definition) is 2. The molecule has 2 aromatic heterocycles. The van der Waals surface area contributed by atoms with Crippen LogP contribution in [0.2, 0.25) is 0 Å². The summed E-state index contributed by atoms with van der Waals surface area (Å²) in [7, 11) is 0. The zero-order valence-electron chi connectivity index (χ0n) is 13.8. The normalized spacial score (nSPS) is 15.7. The summed E-state index contributed by atoms with van der Waals surface area (Å²) < 4.78 is 0. The summed E-state index contributed by atoms with van der Waals surface area (Å²) in [5.74, 6) is 0.568. The van der Waals surface area contributed by atoms with Gasteiger partial charge in [0.1, 0.15) is 11.6 Å². The first-order valence-electron chi connectivity index (χ1n) is 7.96. The molecular formula is C16H18N6O2S. The Labute approximate surface area is 149 Å². The van der Waals surface area contributed by atoms with E-state index in [1.807, 2.05) is 13.0 Å². The molecule has 0 spiro atoms. The number of rotatable bonds is 5. The number of nitrogens with zero attached hydrogens (tertiary/aromatic N) is 5. The van der Waals surface area contributed by atoms with Crippen molar-refractivity contribution in [3.8, 4) is 6.07 Å². The minimum Gasteiger partial charge on any atom is -0.476 e. The van der Waals surface area contributed by atoms with Crippen LogP contribution in [0.15, 0.2) is 11.4 Å². The van der Waals surface area contributed by atoms with Crippen molar-refractivity contribution in [3.63, 3.8) is 0 Å². The first kappa shape index (κ1) is 17.3. The lowest BCUT2D eigenvalue weighted by atomic mass is 9.93. The summed E-state index contributed by atoms with van der Waals surface area (Å²) in [5.41, 5.74) is 0.991. The van der Waals surface area contributed by atoms with Gasteiger partial charge in [-0.15, -0.1) is 11.3 Å². The summed E-state index contributed by atoms with van der Waals surface area (Å²) in [6.07, 6.45) is 1.91. The van der Waals surface area contributed by atoms with Crippen molar-refractivity contribution < 1.29 is 9.90 Å². The molecule has 9 heteroatoms. The standard InChI is InChI=1S/C16H18N6O2S/c1-10-18-12(11-2-5-22(6-3-11)7-4-17)8-14(19-10)21-16-20-13(9-25-16)15(23)24/h8-9,11H,2-3,5-7H2,1H3,(H,23,24)(H,18,19,20,21). The van der Waals surface area contributed by atoms with Crippen molar-refractivity contribution in [2.45, 2.75) is 25.7 Å². The van der Waals surface area contributed by atoms with Gasteiger partial charge in [-0.05, 0) is 32.9 Å². The molecule has 3 heterocycles. The van der Waals surface area contributed by atoms with Gasteiger partial charge in [0, 0.05) is 23.1 Å². The third kappa shape index (κ3) is 4.29. The number of carboxylic acid groups (broad SMARTS) is 1. The number of carboxylic acids is 1. The van der Waals surface area contributed by atoms with Gasteiger partial charge in [-0.1, -0.05) is 0 Å². The van der Waals surface area contributed by atoms with E-state index in [0.717, 1.165) is 31.6 Å². The second-order valence-corrected chi connectivity index (χ2v) is 6.76. The van der Waals surface area contributed by atoms with Crippen molar-refractivity contribution in [3.05, 3.63) is 28.7 Å². The fourth-order valence-corrected chi connectivity index (χ4v) is 3.58. The molecular weight excluding hydrogens is 340 g/mol. The van der Waals surface area contributed by atoms with Crippen molar-refractivity contribution in [1.29, 1.82) is 5.26 Å². The zero-order chi connectivity index (χ0) is 17.8. The van der Waals surface area contributed by atoms with Gasteiger partial charge in [0.2, 0.25) is 0 Å². The van der Waals surface area contributed by atoms with Gasteiger partial charge in [0.05, 0.1) is 12.6 Å². The number of aryl methyl sites for hydroxylation is 1. The lowest BCUT2D eigenvalue weighted by molar-refractivity contribution is 0.0691. The number of carbonyl (C=O) groups is 1. The van der Waals surface area contributed by atoms with Crippen LogP contribution in [-0.4, -0.2) is 50.6 Å². The van der Waals surface area contributed by atoms with E-state index in [2.05, 4.69) is 31.2 Å². The smallest absolute Gasteiger partial charge is 0.355 e. The monoisotopic (exact) mass is 358 g/mol. The third-order valence-corrected chi connectivity index (χ3v) is 4.87. The Kier molecular flexibility index (Phi) is 5.21. The van der Waals surface area contributed by atoms with Crippen LogP contribution in [-0.2, 0) is 0 Å². The van der Waals surface area contributed by atoms with Crippen molar-refractivity contribution in [1.82, 2.24) is 19.9 Å². The maximum Gasteiger partial charge on any atom is 0.355 e. The molecule has 8 nitrogen and oxygen atoms in total. The predicted molar refractivity (Wildman–Crippen MR) is 93.2 cm³/mol. The Bertz CT molecular complexity index is 807. The number of thiazole rings is 1. The molecule has 0 unspecified atom stereocenters. The summed E-state index contributed by atoms with van der Waals surface area (Å²) >= 11 is 1.23. The minimum absolute atomic E-state index is 0.0170. The molecule has 1 fully saturated rings. The number of aromatic nitrogens is 3. The van der Waals surface area contributed by atoms with E-state index in [9.17, 15) is 4.79 Å². The van der Waals surface area contributed by atoms with Crippen molar-refractivity contribution >= 4 is 28.3 Å². The number of likely N-dealkylation sites (tertiary alicyclic amines) is 1. The molecule has 0 aliphatic carbocycles. The first-order valence-corrected chi connectivity index (χ1v) is 8.84. The van der Waals surface area contributed by atoms with Crippen LogP contribution in [0.3, 0.4) is 0 Å². The van der Waals surface area contributed by atoms with E-state index in [1.165, 1.54) is 16.7 Å². The lowest BCUT2D eigenvalue weighted by Crippen LogP contribution is -2.33. The fourth-order valence-electron chi connectivity index (χ4n) is 2.89. The minimum atomic E-state index is -1.05. The Morgan fingerprint density at radius 1 is 1.44 bits per heavy atom. The van der Waals surface area contributed by atoms with Gasteiger partial charge in [-0.2, -0.15) is 5.26 Å². The topological polar surface area (TPSA) is 115 Å². The lowest BCUT2D eigenvalue weighted by Gasteiger charge is -2.30. The Morgan fingerprint density at radius 3 is 2.84 bits per heavy atom. The van der Waals surface area contributed by atoms with E-state index in [0.29, 0.717) is 29.2 Å². The molecule has 0 atom stereocenters. The molecule has 2 N–H and O–H groups in total. The molecule has 3 rings (SSSR count). The molecule has 130 valence electrons. The van der Waals surface area contributed by atoms with Gasteiger partial charge in [0.15, 0.2) is 10.8 Å². The largest absolute Gasteiger partial charge is 0.476 e. The zero-order valence-corrected chi connectivity index (χ0v) is 14.6.